The molecule has 2 amide bonds. The van der Waals surface area contributed by atoms with Crippen molar-refractivity contribution in [3.63, 3.8) is 0 Å². The molecule has 2 aliphatic heterocycles. The van der Waals surface area contributed by atoms with Crippen LogP contribution in [0.4, 0.5) is 0 Å². The molecule has 2 fully saturated rings. The van der Waals surface area contributed by atoms with Crippen molar-refractivity contribution in [2.45, 2.75) is 78.8 Å². The number of nitrogens with one attached hydrogen (secondary N) is 1. The Morgan fingerprint density at radius 2 is 1.80 bits per heavy atom. The highest BCUT2D eigenvalue weighted by molar-refractivity contribution is 5.90. The average Bonchev–Trinajstić information content (AvgIpc) is 2.71. The quantitative estimate of drug-likeness (QED) is 0.588. The first-order valence-electron chi connectivity index (χ1n) is 12.2. The first kappa shape index (κ1) is 25.1. The number of likely N-dealkylation sites (tertiary alicyclic amines) is 1. The molecule has 0 aromatic heterocycles. The van der Waals surface area contributed by atoms with E-state index < -0.39 is 0 Å². The van der Waals surface area contributed by atoms with Gasteiger partial charge in [-0.05, 0) is 70.0 Å². The molecule has 2 heterocycles. The van der Waals surface area contributed by atoms with E-state index in [-0.39, 0.29) is 23.9 Å². The SMILES string of the molecule is CCN(C)CCC1CCN(C(=O)C(CC(C)C)N2CCN[C@@H](CC(C)C)C2=O)CC1. The third-order valence-corrected chi connectivity index (χ3v) is 6.77. The Morgan fingerprint density at radius 1 is 1.13 bits per heavy atom. The van der Waals surface area contributed by atoms with E-state index in [0.29, 0.717) is 24.3 Å². The van der Waals surface area contributed by atoms with E-state index in [9.17, 15) is 9.59 Å². The number of piperazine rings is 1. The average molecular weight is 423 g/mol. The molecular weight excluding hydrogens is 376 g/mol. The summed E-state index contributed by atoms with van der Waals surface area (Å²) in [6.45, 7) is 16.1. The molecule has 1 unspecified atom stereocenters. The number of piperidine rings is 1. The van der Waals surface area contributed by atoms with Gasteiger partial charge < -0.3 is 20.0 Å². The molecule has 0 radical (unpaired) electrons. The highest BCUT2D eigenvalue weighted by atomic mass is 16.2. The van der Waals surface area contributed by atoms with Gasteiger partial charge in [-0.2, -0.15) is 0 Å². The minimum absolute atomic E-state index is 0.117. The highest BCUT2D eigenvalue weighted by Crippen LogP contribution is 2.25. The van der Waals surface area contributed by atoms with Crippen LogP contribution in [-0.2, 0) is 9.59 Å². The number of carbonyl (C=O) groups excluding carboxylic acids is 2. The van der Waals surface area contributed by atoms with Crippen LogP contribution in [0.2, 0.25) is 0 Å². The molecule has 1 N–H and O–H groups in total. The molecule has 6 nitrogen and oxygen atoms in total. The van der Waals surface area contributed by atoms with E-state index in [1.807, 2.05) is 9.80 Å². The third kappa shape index (κ3) is 7.23. The van der Waals surface area contributed by atoms with Gasteiger partial charge in [-0.3, -0.25) is 9.59 Å². The van der Waals surface area contributed by atoms with Gasteiger partial charge in [0, 0.05) is 26.2 Å². The molecule has 30 heavy (non-hydrogen) atoms. The van der Waals surface area contributed by atoms with Crippen LogP contribution in [0.15, 0.2) is 0 Å². The minimum atomic E-state index is -0.308. The van der Waals surface area contributed by atoms with Gasteiger partial charge in [0.1, 0.15) is 6.04 Å². The second-order valence-electron chi connectivity index (χ2n) is 10.3. The molecule has 174 valence electrons. The van der Waals surface area contributed by atoms with E-state index in [1.54, 1.807) is 0 Å². The number of nitrogens with zero attached hydrogens (tertiary/aromatic N) is 3. The third-order valence-electron chi connectivity index (χ3n) is 6.77. The minimum Gasteiger partial charge on any atom is -0.341 e. The van der Waals surface area contributed by atoms with Crippen LogP contribution >= 0.6 is 0 Å². The smallest absolute Gasteiger partial charge is 0.245 e. The Labute approximate surface area is 184 Å². The van der Waals surface area contributed by atoms with Gasteiger partial charge in [-0.25, -0.2) is 0 Å². The first-order chi connectivity index (χ1) is 14.2. The Bertz CT molecular complexity index is 543. The standard InChI is InChI=1S/C24H46N4O2/c1-7-26(6)12-8-20-9-13-27(14-10-20)24(30)22(17-19(4)5)28-15-11-25-21(23(28)29)16-18(2)3/h18-22,25H,7-17H2,1-6H3/t21-,22?/m0/s1. The molecular formula is C24H46N4O2. The van der Waals surface area contributed by atoms with Gasteiger partial charge in [0.05, 0.1) is 6.04 Å². The summed E-state index contributed by atoms with van der Waals surface area (Å²) in [7, 11) is 2.17. The van der Waals surface area contributed by atoms with Crippen molar-refractivity contribution in [2.24, 2.45) is 17.8 Å². The predicted molar refractivity (Wildman–Crippen MR) is 123 cm³/mol. The van der Waals surface area contributed by atoms with Crippen molar-refractivity contribution < 1.29 is 9.59 Å². The summed E-state index contributed by atoms with van der Waals surface area (Å²) >= 11 is 0. The molecule has 0 aromatic rings. The maximum Gasteiger partial charge on any atom is 0.245 e. The lowest BCUT2D eigenvalue weighted by atomic mass is 9.91. The van der Waals surface area contributed by atoms with Gasteiger partial charge in [-0.15, -0.1) is 0 Å². The van der Waals surface area contributed by atoms with Gasteiger partial charge >= 0.3 is 0 Å². The van der Waals surface area contributed by atoms with Crippen LogP contribution in [0.5, 0.6) is 0 Å². The Hall–Kier alpha value is -1.14. The summed E-state index contributed by atoms with van der Waals surface area (Å²) < 4.78 is 0. The summed E-state index contributed by atoms with van der Waals surface area (Å²) in [5.41, 5.74) is 0. The number of hydrogen-bond acceptors (Lipinski definition) is 4. The molecule has 0 saturated carbocycles. The second-order valence-corrected chi connectivity index (χ2v) is 10.3. The van der Waals surface area contributed by atoms with Gasteiger partial charge in [0.2, 0.25) is 11.8 Å². The summed E-state index contributed by atoms with van der Waals surface area (Å²) in [6, 6.07) is -0.459. The lowest BCUT2D eigenvalue weighted by Gasteiger charge is -2.42. The van der Waals surface area contributed by atoms with Gasteiger partial charge in [-0.1, -0.05) is 34.6 Å². The fourth-order valence-corrected chi connectivity index (χ4v) is 4.74. The molecule has 2 atom stereocenters. The zero-order valence-corrected chi connectivity index (χ0v) is 20.3. The molecule has 0 bridgehead atoms. The van der Waals surface area contributed by atoms with Gasteiger partial charge in [0.25, 0.3) is 0 Å². The molecule has 0 aromatic carbocycles. The van der Waals surface area contributed by atoms with E-state index in [2.05, 4.69) is 51.9 Å². The molecule has 2 rings (SSSR count). The summed E-state index contributed by atoms with van der Waals surface area (Å²) in [5, 5.41) is 3.37. The zero-order chi connectivity index (χ0) is 22.3. The molecule has 2 saturated heterocycles. The number of amides is 2. The Balaban J connectivity index is 1.99. The van der Waals surface area contributed by atoms with E-state index in [4.69, 9.17) is 0 Å². The van der Waals surface area contributed by atoms with Crippen molar-refractivity contribution in [2.75, 3.05) is 46.3 Å². The zero-order valence-electron chi connectivity index (χ0n) is 20.3. The summed E-state index contributed by atoms with van der Waals surface area (Å²) in [6.07, 6.45) is 4.97. The summed E-state index contributed by atoms with van der Waals surface area (Å²) in [5.74, 6) is 1.84. The van der Waals surface area contributed by atoms with Crippen LogP contribution in [0.1, 0.15) is 66.7 Å². The Morgan fingerprint density at radius 3 is 2.37 bits per heavy atom. The molecule has 0 aliphatic carbocycles. The highest BCUT2D eigenvalue weighted by Gasteiger charge is 2.39. The maximum absolute atomic E-state index is 13.5. The van der Waals surface area contributed by atoms with Crippen molar-refractivity contribution >= 4 is 11.8 Å². The van der Waals surface area contributed by atoms with Crippen LogP contribution in [0.25, 0.3) is 0 Å². The van der Waals surface area contributed by atoms with Crippen molar-refractivity contribution in [1.82, 2.24) is 20.0 Å². The predicted octanol–water partition coefficient (Wildman–Crippen LogP) is 2.83. The monoisotopic (exact) mass is 422 g/mol. The van der Waals surface area contributed by atoms with E-state index >= 15 is 0 Å². The Kier molecular flexibility index (Phi) is 10.1. The van der Waals surface area contributed by atoms with Crippen molar-refractivity contribution in [3.05, 3.63) is 0 Å². The maximum atomic E-state index is 13.5. The largest absolute Gasteiger partial charge is 0.341 e. The molecule has 6 heteroatoms. The first-order valence-corrected chi connectivity index (χ1v) is 12.2. The fraction of sp³-hybridized carbons (Fsp3) is 0.917. The summed E-state index contributed by atoms with van der Waals surface area (Å²) in [4.78, 5) is 33.0. The second kappa shape index (κ2) is 12.0. The van der Waals surface area contributed by atoms with Crippen LogP contribution in [0.3, 0.4) is 0 Å². The fourth-order valence-electron chi connectivity index (χ4n) is 4.74. The van der Waals surface area contributed by atoms with E-state index in [1.165, 1.54) is 6.42 Å². The van der Waals surface area contributed by atoms with Crippen LogP contribution in [0, 0.1) is 17.8 Å². The number of rotatable bonds is 10. The topological polar surface area (TPSA) is 55.9 Å². The lowest BCUT2D eigenvalue weighted by molar-refractivity contribution is -0.150. The molecule has 0 spiro atoms. The van der Waals surface area contributed by atoms with E-state index in [0.717, 1.165) is 58.4 Å². The van der Waals surface area contributed by atoms with Crippen LogP contribution in [-0.4, -0.2) is 84.9 Å². The number of carbonyl (C=O) groups is 2. The van der Waals surface area contributed by atoms with Gasteiger partial charge in [0.15, 0.2) is 0 Å². The normalized spacial score (nSPS) is 22.4. The molecule has 2 aliphatic rings. The number of hydrogen-bond donors (Lipinski definition) is 1. The van der Waals surface area contributed by atoms with Crippen LogP contribution < -0.4 is 5.32 Å². The lowest BCUT2D eigenvalue weighted by Crippen LogP contribution is -2.62. The van der Waals surface area contributed by atoms with Crippen molar-refractivity contribution in [1.29, 1.82) is 0 Å². The van der Waals surface area contributed by atoms with Crippen molar-refractivity contribution in [3.8, 4) is 0 Å².